The van der Waals surface area contributed by atoms with Gasteiger partial charge in [-0.1, -0.05) is 29.8 Å². The Balaban J connectivity index is 2.11. The van der Waals surface area contributed by atoms with Gasteiger partial charge in [0.1, 0.15) is 0 Å². The molecule has 0 fully saturated rings. The van der Waals surface area contributed by atoms with Gasteiger partial charge in [0.25, 0.3) is 0 Å². The van der Waals surface area contributed by atoms with Crippen LogP contribution in [0.3, 0.4) is 0 Å². The smallest absolute Gasteiger partial charge is 0.209 e. The zero-order valence-corrected chi connectivity index (χ0v) is 11.9. The van der Waals surface area contributed by atoms with E-state index in [2.05, 4.69) is 29.8 Å². The van der Waals surface area contributed by atoms with Crippen LogP contribution in [0.25, 0.3) is 0 Å². The van der Waals surface area contributed by atoms with Crippen molar-refractivity contribution in [1.82, 2.24) is 9.29 Å². The van der Waals surface area contributed by atoms with E-state index in [-0.39, 0.29) is 0 Å². The Kier molecular flexibility index (Phi) is 4.07. The molecule has 19 heavy (non-hydrogen) atoms. The summed E-state index contributed by atoms with van der Waals surface area (Å²) in [5, 5.41) is 0. The predicted molar refractivity (Wildman–Crippen MR) is 76.4 cm³/mol. The Morgan fingerprint density at radius 2 is 2.00 bits per heavy atom. The molecule has 5 heteroatoms. The van der Waals surface area contributed by atoms with E-state index in [9.17, 15) is 8.42 Å². The first-order chi connectivity index (χ1) is 8.94. The molecule has 0 saturated heterocycles. The van der Waals surface area contributed by atoms with Gasteiger partial charge in [-0.3, -0.25) is 0 Å². The molecule has 0 aliphatic rings. The van der Waals surface area contributed by atoms with Crippen molar-refractivity contribution in [3.63, 3.8) is 0 Å². The molecule has 0 unspecified atom stereocenters. The minimum absolute atomic E-state index is 0.317. The van der Waals surface area contributed by atoms with Gasteiger partial charge in [0.15, 0.2) is 0 Å². The molecule has 0 aliphatic carbocycles. The fourth-order valence-electron chi connectivity index (χ4n) is 1.98. The van der Waals surface area contributed by atoms with Gasteiger partial charge < -0.3 is 4.57 Å². The molecule has 102 valence electrons. The summed E-state index contributed by atoms with van der Waals surface area (Å²) in [6, 6.07) is 12.1. The highest BCUT2D eigenvalue weighted by atomic mass is 32.2. The molecule has 2 rings (SSSR count). The van der Waals surface area contributed by atoms with Gasteiger partial charge in [0, 0.05) is 18.4 Å². The van der Waals surface area contributed by atoms with Crippen LogP contribution in [0, 0.1) is 6.92 Å². The average Bonchev–Trinajstić information content (AvgIpc) is 2.73. The number of sulfonamides is 1. The molecule has 0 spiro atoms. The molecule has 0 saturated carbocycles. The first kappa shape index (κ1) is 13.8. The van der Waals surface area contributed by atoms with Crippen molar-refractivity contribution in [3.05, 3.63) is 59.4 Å². The normalized spacial score (nSPS) is 11.7. The minimum atomic E-state index is -3.16. The lowest BCUT2D eigenvalue weighted by Crippen LogP contribution is -2.22. The highest BCUT2D eigenvalue weighted by Gasteiger charge is 2.05. The molecular formula is C14H18N2O2S. The molecule has 1 N–H and O–H groups in total. The van der Waals surface area contributed by atoms with E-state index in [4.69, 9.17) is 0 Å². The molecule has 0 amide bonds. The van der Waals surface area contributed by atoms with Crippen molar-refractivity contribution in [1.29, 1.82) is 0 Å². The summed E-state index contributed by atoms with van der Waals surface area (Å²) in [7, 11) is -3.16. The lowest BCUT2D eigenvalue weighted by atomic mass is 10.1. The molecule has 2 aromatic rings. The first-order valence-corrected chi connectivity index (χ1v) is 7.97. The monoisotopic (exact) mass is 278 g/mol. The standard InChI is InChI=1S/C14H18N2O2S/c1-12-5-3-6-13(9-12)11-16-8-4-7-14(16)10-15-19(2,17)18/h3-9,15H,10-11H2,1-2H3. The van der Waals surface area contributed by atoms with Crippen LogP contribution in [-0.4, -0.2) is 19.2 Å². The Morgan fingerprint density at radius 3 is 2.68 bits per heavy atom. The Labute approximate surface area is 114 Å². The van der Waals surface area contributed by atoms with E-state index in [1.807, 2.05) is 29.0 Å². The van der Waals surface area contributed by atoms with E-state index < -0.39 is 10.0 Å². The minimum Gasteiger partial charge on any atom is -0.346 e. The number of aromatic nitrogens is 1. The molecule has 0 aliphatic heterocycles. The molecule has 0 atom stereocenters. The topological polar surface area (TPSA) is 51.1 Å². The summed E-state index contributed by atoms with van der Waals surface area (Å²) in [6.07, 6.45) is 3.13. The van der Waals surface area contributed by atoms with E-state index in [1.54, 1.807) is 0 Å². The number of nitrogens with one attached hydrogen (secondary N) is 1. The number of hydrogen-bond acceptors (Lipinski definition) is 2. The van der Waals surface area contributed by atoms with Crippen LogP contribution in [0.5, 0.6) is 0 Å². The van der Waals surface area contributed by atoms with Crippen molar-refractivity contribution < 1.29 is 8.42 Å². The summed E-state index contributed by atoms with van der Waals surface area (Å²) in [4.78, 5) is 0. The SMILES string of the molecule is Cc1cccc(Cn2cccc2CNS(C)(=O)=O)c1. The van der Waals surface area contributed by atoms with E-state index in [0.717, 1.165) is 12.2 Å². The van der Waals surface area contributed by atoms with Crippen molar-refractivity contribution in [2.75, 3.05) is 6.26 Å². The van der Waals surface area contributed by atoms with Crippen molar-refractivity contribution >= 4 is 10.0 Å². The second-order valence-electron chi connectivity index (χ2n) is 4.71. The maximum atomic E-state index is 11.1. The first-order valence-electron chi connectivity index (χ1n) is 6.08. The molecule has 4 nitrogen and oxygen atoms in total. The van der Waals surface area contributed by atoms with Gasteiger partial charge in [-0.25, -0.2) is 13.1 Å². The van der Waals surface area contributed by atoms with Crippen molar-refractivity contribution in [2.24, 2.45) is 0 Å². The summed E-state index contributed by atoms with van der Waals surface area (Å²) in [6.45, 7) is 3.12. The summed E-state index contributed by atoms with van der Waals surface area (Å²) < 4.78 is 26.8. The zero-order chi connectivity index (χ0) is 13.9. The second-order valence-corrected chi connectivity index (χ2v) is 6.54. The summed E-state index contributed by atoms with van der Waals surface area (Å²) >= 11 is 0. The molecule has 1 heterocycles. The van der Waals surface area contributed by atoms with Gasteiger partial charge in [-0.05, 0) is 24.6 Å². The Hall–Kier alpha value is -1.59. The lowest BCUT2D eigenvalue weighted by Gasteiger charge is -2.10. The fourth-order valence-corrected chi connectivity index (χ4v) is 2.39. The average molecular weight is 278 g/mol. The highest BCUT2D eigenvalue weighted by Crippen LogP contribution is 2.10. The number of benzene rings is 1. The molecular weight excluding hydrogens is 260 g/mol. The van der Waals surface area contributed by atoms with Crippen molar-refractivity contribution in [3.8, 4) is 0 Å². The lowest BCUT2D eigenvalue weighted by molar-refractivity contribution is 0.584. The largest absolute Gasteiger partial charge is 0.346 e. The third-order valence-electron chi connectivity index (χ3n) is 2.87. The highest BCUT2D eigenvalue weighted by molar-refractivity contribution is 7.88. The van der Waals surface area contributed by atoms with E-state index in [1.165, 1.54) is 17.4 Å². The second kappa shape index (κ2) is 5.59. The molecule has 1 aromatic carbocycles. The van der Waals surface area contributed by atoms with Crippen LogP contribution in [0.1, 0.15) is 16.8 Å². The van der Waals surface area contributed by atoms with Crippen LogP contribution in [0.4, 0.5) is 0 Å². The Morgan fingerprint density at radius 1 is 1.21 bits per heavy atom. The maximum absolute atomic E-state index is 11.1. The maximum Gasteiger partial charge on any atom is 0.209 e. The van der Waals surface area contributed by atoms with Crippen LogP contribution >= 0.6 is 0 Å². The summed E-state index contributed by atoms with van der Waals surface area (Å²) in [5.41, 5.74) is 3.38. The van der Waals surface area contributed by atoms with Crippen molar-refractivity contribution in [2.45, 2.75) is 20.0 Å². The van der Waals surface area contributed by atoms with Crippen LogP contribution in [0.2, 0.25) is 0 Å². The van der Waals surface area contributed by atoms with E-state index >= 15 is 0 Å². The molecule has 0 radical (unpaired) electrons. The van der Waals surface area contributed by atoms with Gasteiger partial charge in [-0.15, -0.1) is 0 Å². The molecule has 1 aromatic heterocycles. The number of hydrogen-bond donors (Lipinski definition) is 1. The number of nitrogens with zero attached hydrogens (tertiary/aromatic N) is 1. The fraction of sp³-hybridized carbons (Fsp3) is 0.286. The third-order valence-corrected chi connectivity index (χ3v) is 3.54. The van der Waals surface area contributed by atoms with Gasteiger partial charge >= 0.3 is 0 Å². The van der Waals surface area contributed by atoms with Crippen LogP contribution in [0.15, 0.2) is 42.6 Å². The predicted octanol–water partition coefficient (Wildman–Crippen LogP) is 1.89. The van der Waals surface area contributed by atoms with Gasteiger partial charge in [0.05, 0.1) is 12.8 Å². The Bertz CT molecular complexity index is 660. The van der Waals surface area contributed by atoms with Gasteiger partial charge in [-0.2, -0.15) is 0 Å². The molecule has 0 bridgehead atoms. The van der Waals surface area contributed by atoms with Gasteiger partial charge in [0.2, 0.25) is 10.0 Å². The van der Waals surface area contributed by atoms with Crippen LogP contribution in [-0.2, 0) is 23.1 Å². The van der Waals surface area contributed by atoms with Crippen LogP contribution < -0.4 is 4.72 Å². The number of rotatable bonds is 5. The quantitative estimate of drug-likeness (QED) is 0.908. The third kappa shape index (κ3) is 4.22. The zero-order valence-electron chi connectivity index (χ0n) is 11.1. The summed E-state index contributed by atoms with van der Waals surface area (Å²) in [5.74, 6) is 0. The number of aryl methyl sites for hydroxylation is 1. The van der Waals surface area contributed by atoms with E-state index in [0.29, 0.717) is 6.54 Å².